The number of aromatic nitrogens is 2. The molecule has 1 atom stereocenters. The zero-order chi connectivity index (χ0) is 15.8. The molecule has 2 heterocycles. The van der Waals surface area contributed by atoms with E-state index in [-0.39, 0.29) is 23.1 Å². The molecule has 1 fully saturated rings. The average molecular weight is 312 g/mol. The summed E-state index contributed by atoms with van der Waals surface area (Å²) in [6.07, 6.45) is 0.657. The topological polar surface area (TPSA) is 75.2 Å². The van der Waals surface area contributed by atoms with Crippen molar-refractivity contribution in [2.75, 3.05) is 28.8 Å². The van der Waals surface area contributed by atoms with E-state index < -0.39 is 9.84 Å². The third-order valence-corrected chi connectivity index (χ3v) is 5.20. The second-order valence-corrected chi connectivity index (χ2v) is 8.93. The van der Waals surface area contributed by atoms with E-state index >= 15 is 0 Å². The van der Waals surface area contributed by atoms with Crippen LogP contribution in [0.25, 0.3) is 0 Å². The Labute approximate surface area is 126 Å². The lowest BCUT2D eigenvalue weighted by Crippen LogP contribution is -2.34. The first-order chi connectivity index (χ1) is 9.56. The van der Waals surface area contributed by atoms with E-state index in [1.165, 1.54) is 0 Å². The lowest BCUT2D eigenvalue weighted by Gasteiger charge is -2.26. The van der Waals surface area contributed by atoms with E-state index in [2.05, 4.69) is 36.1 Å². The molecule has 1 unspecified atom stereocenters. The highest BCUT2D eigenvalue weighted by Gasteiger charge is 2.31. The van der Waals surface area contributed by atoms with Gasteiger partial charge in [0.15, 0.2) is 9.84 Å². The van der Waals surface area contributed by atoms with E-state index in [0.29, 0.717) is 12.2 Å². The van der Waals surface area contributed by atoms with Gasteiger partial charge in [-0.15, -0.1) is 0 Å². The maximum atomic E-state index is 11.6. The van der Waals surface area contributed by atoms with Crippen molar-refractivity contribution in [2.45, 2.75) is 45.7 Å². The van der Waals surface area contributed by atoms with Gasteiger partial charge in [0.25, 0.3) is 0 Å². The fraction of sp³-hybridized carbons (Fsp3) is 0.714. The largest absolute Gasteiger partial charge is 0.365 e. The Morgan fingerprint density at radius 3 is 2.52 bits per heavy atom. The summed E-state index contributed by atoms with van der Waals surface area (Å²) < 4.78 is 23.3. The zero-order valence-electron chi connectivity index (χ0n) is 13.3. The number of hydrogen-bond donors (Lipinski definition) is 1. The van der Waals surface area contributed by atoms with Gasteiger partial charge < -0.3 is 10.2 Å². The van der Waals surface area contributed by atoms with Gasteiger partial charge >= 0.3 is 0 Å². The quantitative estimate of drug-likeness (QED) is 0.914. The van der Waals surface area contributed by atoms with Crippen LogP contribution in [-0.4, -0.2) is 48.5 Å². The molecular weight excluding hydrogens is 288 g/mol. The number of sulfone groups is 1. The van der Waals surface area contributed by atoms with Gasteiger partial charge in [-0.25, -0.2) is 18.4 Å². The molecule has 0 aliphatic carbocycles. The predicted octanol–water partition coefficient (Wildman–Crippen LogP) is 1.62. The monoisotopic (exact) mass is 312 g/mol. The van der Waals surface area contributed by atoms with Crippen molar-refractivity contribution in [1.82, 2.24) is 9.97 Å². The van der Waals surface area contributed by atoms with Crippen LogP contribution >= 0.6 is 0 Å². The molecule has 0 aromatic carbocycles. The van der Waals surface area contributed by atoms with E-state index in [0.717, 1.165) is 11.6 Å². The normalized spacial score (nSPS) is 21.3. The highest BCUT2D eigenvalue weighted by Crippen LogP contribution is 2.24. The van der Waals surface area contributed by atoms with Gasteiger partial charge in [0.2, 0.25) is 0 Å². The smallest absolute Gasteiger partial charge is 0.152 e. The molecule has 1 saturated heterocycles. The van der Waals surface area contributed by atoms with Crippen LogP contribution in [0.2, 0.25) is 0 Å². The van der Waals surface area contributed by atoms with Crippen LogP contribution in [0.15, 0.2) is 6.07 Å². The van der Waals surface area contributed by atoms with Gasteiger partial charge in [-0.3, -0.25) is 0 Å². The number of anilines is 2. The second kappa shape index (κ2) is 5.44. The first-order valence-electron chi connectivity index (χ1n) is 7.13. The van der Waals surface area contributed by atoms with Crippen molar-refractivity contribution in [1.29, 1.82) is 0 Å². The number of aryl methyl sites for hydroxylation is 1. The minimum Gasteiger partial charge on any atom is -0.365 e. The van der Waals surface area contributed by atoms with Crippen LogP contribution in [0.3, 0.4) is 0 Å². The van der Waals surface area contributed by atoms with Crippen LogP contribution < -0.4 is 10.2 Å². The zero-order valence-corrected chi connectivity index (χ0v) is 14.2. The third-order valence-electron chi connectivity index (χ3n) is 3.44. The minimum absolute atomic E-state index is 0.00760. The fourth-order valence-corrected chi connectivity index (χ4v) is 4.22. The predicted molar refractivity (Wildman–Crippen MR) is 85.6 cm³/mol. The number of nitrogens with zero attached hydrogens (tertiary/aromatic N) is 3. The molecule has 2 rings (SSSR count). The summed E-state index contributed by atoms with van der Waals surface area (Å²) in [5.41, 5.74) is -0.0899. The van der Waals surface area contributed by atoms with E-state index in [9.17, 15) is 8.42 Å². The first kappa shape index (κ1) is 16.0. The van der Waals surface area contributed by atoms with Crippen LogP contribution in [0.4, 0.5) is 11.6 Å². The Morgan fingerprint density at radius 1 is 1.33 bits per heavy atom. The summed E-state index contributed by atoms with van der Waals surface area (Å²) in [6.45, 7) is 8.04. The molecule has 0 radical (unpaired) electrons. The molecule has 7 heteroatoms. The number of nitrogens with one attached hydrogen (secondary N) is 1. The van der Waals surface area contributed by atoms with E-state index in [1.54, 1.807) is 0 Å². The average Bonchev–Trinajstić information content (AvgIpc) is 2.65. The van der Waals surface area contributed by atoms with E-state index in [4.69, 9.17) is 0 Å². The lowest BCUT2D eigenvalue weighted by molar-refractivity contribution is 0.600. The molecule has 6 nitrogen and oxygen atoms in total. The van der Waals surface area contributed by atoms with Crippen LogP contribution in [0.5, 0.6) is 0 Å². The Balaban J connectivity index is 2.23. The maximum Gasteiger partial charge on any atom is 0.152 e. The fourth-order valence-electron chi connectivity index (χ4n) is 2.45. The summed E-state index contributed by atoms with van der Waals surface area (Å²) in [7, 11) is -1.00. The second-order valence-electron chi connectivity index (χ2n) is 6.70. The molecule has 0 bridgehead atoms. The molecule has 1 aromatic heterocycles. The summed E-state index contributed by atoms with van der Waals surface area (Å²) in [5.74, 6) is 2.66. The lowest BCUT2D eigenvalue weighted by atomic mass is 10.1. The first-order valence-corrected chi connectivity index (χ1v) is 8.95. The highest BCUT2D eigenvalue weighted by atomic mass is 32.2. The summed E-state index contributed by atoms with van der Waals surface area (Å²) in [4.78, 5) is 10.8. The van der Waals surface area contributed by atoms with Gasteiger partial charge in [0.1, 0.15) is 17.5 Å². The Bertz CT molecular complexity index is 622. The van der Waals surface area contributed by atoms with Gasteiger partial charge in [-0.2, -0.15) is 0 Å². The molecule has 0 saturated carbocycles. The van der Waals surface area contributed by atoms with Gasteiger partial charge in [-0.1, -0.05) is 0 Å². The van der Waals surface area contributed by atoms with Crippen LogP contribution in [0.1, 0.15) is 33.0 Å². The minimum atomic E-state index is -2.90. The molecule has 1 aromatic rings. The van der Waals surface area contributed by atoms with Crippen molar-refractivity contribution >= 4 is 21.5 Å². The van der Waals surface area contributed by atoms with Gasteiger partial charge in [0, 0.05) is 24.7 Å². The van der Waals surface area contributed by atoms with Crippen molar-refractivity contribution in [3.63, 3.8) is 0 Å². The number of hydrogen-bond acceptors (Lipinski definition) is 6. The van der Waals surface area contributed by atoms with Crippen molar-refractivity contribution in [3.05, 3.63) is 11.9 Å². The van der Waals surface area contributed by atoms with Crippen LogP contribution in [0, 0.1) is 6.92 Å². The Kier molecular flexibility index (Phi) is 4.15. The number of rotatable bonds is 3. The third kappa shape index (κ3) is 4.30. The van der Waals surface area contributed by atoms with Crippen molar-refractivity contribution in [3.8, 4) is 0 Å². The van der Waals surface area contributed by atoms with Crippen LogP contribution in [-0.2, 0) is 9.84 Å². The van der Waals surface area contributed by atoms with Crippen molar-refractivity contribution in [2.24, 2.45) is 0 Å². The van der Waals surface area contributed by atoms with Crippen molar-refractivity contribution < 1.29 is 8.42 Å². The molecule has 1 aliphatic heterocycles. The maximum absolute atomic E-state index is 11.6. The Hall–Kier alpha value is -1.37. The summed E-state index contributed by atoms with van der Waals surface area (Å²) in [6, 6.07) is 1.87. The molecular formula is C14H24N4O2S. The van der Waals surface area contributed by atoms with E-state index in [1.807, 2.05) is 24.9 Å². The summed E-state index contributed by atoms with van der Waals surface area (Å²) in [5, 5.41) is 3.33. The molecule has 0 spiro atoms. The molecule has 1 aliphatic rings. The molecule has 0 amide bonds. The standard InChI is InChI=1S/C14H24N4O2S/c1-10-15-12(17-14(2,3)4)8-13(16-10)18(5)11-6-7-21(19,20)9-11/h8,11H,6-7,9H2,1-5H3,(H,15,16,17). The SMILES string of the molecule is Cc1nc(NC(C)(C)C)cc(N(C)C2CCS(=O)(=O)C2)n1. The molecule has 118 valence electrons. The van der Waals surface area contributed by atoms with Gasteiger partial charge in [-0.05, 0) is 34.1 Å². The van der Waals surface area contributed by atoms with Gasteiger partial charge in [0.05, 0.1) is 11.5 Å². The molecule has 1 N–H and O–H groups in total. The molecule has 21 heavy (non-hydrogen) atoms. The summed E-state index contributed by atoms with van der Waals surface area (Å²) >= 11 is 0. The highest BCUT2D eigenvalue weighted by molar-refractivity contribution is 7.91. The Morgan fingerprint density at radius 2 is 2.00 bits per heavy atom.